The zero-order valence-electron chi connectivity index (χ0n) is 15.9. The van der Waals surface area contributed by atoms with Gasteiger partial charge in [-0.1, -0.05) is 43.5 Å². The minimum Gasteiger partial charge on any atom is -0.342 e. The number of carbonyl (C=O) groups is 1. The minimum absolute atomic E-state index is 0.0443. The maximum atomic E-state index is 13.0. The van der Waals surface area contributed by atoms with E-state index in [-0.39, 0.29) is 12.5 Å². The van der Waals surface area contributed by atoms with E-state index in [1.807, 2.05) is 28.8 Å². The van der Waals surface area contributed by atoms with Gasteiger partial charge >= 0.3 is 0 Å². The first-order chi connectivity index (χ1) is 13.1. The van der Waals surface area contributed by atoms with Gasteiger partial charge in [0.2, 0.25) is 11.8 Å². The van der Waals surface area contributed by atoms with Crippen LogP contribution in [0.3, 0.4) is 0 Å². The molecule has 3 aromatic rings. The van der Waals surface area contributed by atoms with Crippen LogP contribution >= 0.6 is 0 Å². The third-order valence-electron chi connectivity index (χ3n) is 5.39. The van der Waals surface area contributed by atoms with E-state index in [1.54, 1.807) is 6.92 Å². The fourth-order valence-corrected chi connectivity index (χ4v) is 4.08. The monoisotopic (exact) mass is 367 g/mol. The highest BCUT2D eigenvalue weighted by Gasteiger charge is 2.39. The lowest BCUT2D eigenvalue weighted by molar-refractivity contribution is -0.124. The summed E-state index contributed by atoms with van der Waals surface area (Å²) in [6, 6.07) is 7.93. The summed E-state index contributed by atoms with van der Waals surface area (Å²) in [6.45, 7) is 4.07. The first-order valence-corrected chi connectivity index (χ1v) is 9.67. The topological polar surface area (TPSA) is 85.8 Å². The van der Waals surface area contributed by atoms with Crippen LogP contribution < -0.4 is 5.32 Å². The van der Waals surface area contributed by atoms with Crippen molar-refractivity contribution >= 4 is 16.9 Å². The Balaban J connectivity index is 1.61. The summed E-state index contributed by atoms with van der Waals surface area (Å²) in [5, 5.41) is 7.37. The van der Waals surface area contributed by atoms with Crippen molar-refractivity contribution in [2.24, 2.45) is 0 Å². The molecule has 1 aromatic carbocycles. The number of rotatable bonds is 5. The molecule has 1 fully saturated rings. The van der Waals surface area contributed by atoms with Gasteiger partial charge in [0, 0.05) is 13.3 Å². The number of hydrogen-bond acceptors (Lipinski definition) is 5. The van der Waals surface area contributed by atoms with Gasteiger partial charge in [-0.15, -0.1) is 0 Å². The van der Waals surface area contributed by atoms with Crippen LogP contribution in [0.5, 0.6) is 0 Å². The molecule has 4 rings (SSSR count). The maximum absolute atomic E-state index is 13.0. The highest BCUT2D eigenvalue weighted by Crippen LogP contribution is 2.35. The summed E-state index contributed by atoms with van der Waals surface area (Å²) in [5.74, 6) is 1.99. The van der Waals surface area contributed by atoms with Crippen LogP contribution in [-0.4, -0.2) is 25.6 Å². The van der Waals surface area contributed by atoms with E-state index >= 15 is 0 Å². The summed E-state index contributed by atoms with van der Waals surface area (Å²) in [5.41, 5.74) is 1.37. The summed E-state index contributed by atoms with van der Waals surface area (Å²) in [6.07, 6.45) is 5.70. The average Bonchev–Trinajstić information content (AvgIpc) is 3.27. The van der Waals surface area contributed by atoms with Crippen LogP contribution in [-0.2, 0) is 23.3 Å². The second-order valence-electron chi connectivity index (χ2n) is 7.28. The van der Waals surface area contributed by atoms with Gasteiger partial charge in [-0.05, 0) is 25.0 Å². The van der Waals surface area contributed by atoms with Crippen LogP contribution in [0.4, 0.5) is 0 Å². The lowest BCUT2D eigenvalue weighted by atomic mass is 9.81. The molecule has 2 heterocycles. The quantitative estimate of drug-likeness (QED) is 0.748. The van der Waals surface area contributed by atoms with E-state index in [9.17, 15) is 4.79 Å². The molecule has 27 heavy (non-hydrogen) atoms. The Labute approximate surface area is 158 Å². The standard InChI is InChI=1S/C20H25N5O2/c1-3-17-22-15-9-5-6-10-16(15)25(17)13-18(26)23-20(11-7-4-8-12-20)19-21-14(2)27-24-19/h5-6,9-10H,3-4,7-8,11-13H2,1-2H3,(H,23,26). The fraction of sp³-hybridized carbons (Fsp3) is 0.500. The average molecular weight is 367 g/mol. The van der Waals surface area contributed by atoms with Crippen LogP contribution in [0, 0.1) is 6.92 Å². The Morgan fingerprint density at radius 2 is 2.00 bits per heavy atom. The molecule has 142 valence electrons. The Bertz CT molecular complexity index is 952. The minimum atomic E-state index is -0.532. The largest absolute Gasteiger partial charge is 0.342 e. The van der Waals surface area contributed by atoms with Gasteiger partial charge in [0.15, 0.2) is 5.82 Å². The highest BCUT2D eigenvalue weighted by atomic mass is 16.5. The summed E-state index contributed by atoms with van der Waals surface area (Å²) in [7, 11) is 0. The summed E-state index contributed by atoms with van der Waals surface area (Å²) >= 11 is 0. The number of nitrogens with zero attached hydrogens (tertiary/aromatic N) is 4. The zero-order chi connectivity index (χ0) is 18.9. The Hall–Kier alpha value is -2.70. The van der Waals surface area contributed by atoms with Gasteiger partial charge in [0.1, 0.15) is 17.9 Å². The first kappa shape index (κ1) is 17.7. The smallest absolute Gasteiger partial charge is 0.240 e. The van der Waals surface area contributed by atoms with E-state index < -0.39 is 5.54 Å². The number of hydrogen-bond donors (Lipinski definition) is 1. The number of carbonyl (C=O) groups excluding carboxylic acids is 1. The number of aryl methyl sites for hydroxylation is 2. The van der Waals surface area contributed by atoms with Crippen LogP contribution in [0.1, 0.15) is 56.6 Å². The molecule has 7 heteroatoms. The first-order valence-electron chi connectivity index (χ1n) is 9.67. The second-order valence-corrected chi connectivity index (χ2v) is 7.28. The normalized spacial score (nSPS) is 16.5. The molecule has 0 aliphatic heterocycles. The van der Waals surface area contributed by atoms with Gasteiger partial charge in [0.25, 0.3) is 0 Å². The van der Waals surface area contributed by atoms with E-state index in [0.717, 1.165) is 49.0 Å². The lowest BCUT2D eigenvalue weighted by Crippen LogP contribution is -2.49. The van der Waals surface area contributed by atoms with Crippen molar-refractivity contribution in [3.8, 4) is 0 Å². The van der Waals surface area contributed by atoms with E-state index in [0.29, 0.717) is 11.7 Å². The predicted octanol–water partition coefficient (Wildman–Crippen LogP) is 3.27. The van der Waals surface area contributed by atoms with Crippen molar-refractivity contribution in [1.29, 1.82) is 0 Å². The fourth-order valence-electron chi connectivity index (χ4n) is 4.08. The molecular weight excluding hydrogens is 342 g/mol. The molecule has 7 nitrogen and oxygen atoms in total. The number of fused-ring (bicyclic) bond motifs is 1. The van der Waals surface area contributed by atoms with Gasteiger partial charge in [-0.25, -0.2) is 4.98 Å². The third kappa shape index (κ3) is 3.34. The number of benzene rings is 1. The molecular formula is C20H25N5O2. The van der Waals surface area contributed by atoms with Crippen molar-refractivity contribution in [2.75, 3.05) is 0 Å². The molecule has 0 spiro atoms. The lowest BCUT2D eigenvalue weighted by Gasteiger charge is -2.35. The molecule has 0 bridgehead atoms. The van der Waals surface area contributed by atoms with Gasteiger partial charge < -0.3 is 14.4 Å². The van der Waals surface area contributed by atoms with Gasteiger partial charge in [-0.2, -0.15) is 4.98 Å². The molecule has 0 saturated heterocycles. The van der Waals surface area contributed by atoms with Gasteiger partial charge in [-0.3, -0.25) is 4.79 Å². The molecule has 1 N–H and O–H groups in total. The molecule has 0 radical (unpaired) electrons. The van der Waals surface area contributed by atoms with Crippen molar-refractivity contribution in [2.45, 2.75) is 64.5 Å². The molecule has 0 unspecified atom stereocenters. The van der Waals surface area contributed by atoms with Crippen molar-refractivity contribution in [3.63, 3.8) is 0 Å². The molecule has 1 saturated carbocycles. The molecule has 1 aliphatic carbocycles. The number of aromatic nitrogens is 4. The van der Waals surface area contributed by atoms with Crippen LogP contribution in [0.2, 0.25) is 0 Å². The van der Waals surface area contributed by atoms with Crippen molar-refractivity contribution in [3.05, 3.63) is 41.8 Å². The molecule has 1 aliphatic rings. The zero-order valence-corrected chi connectivity index (χ0v) is 15.9. The molecule has 2 aromatic heterocycles. The SMILES string of the molecule is CCc1nc2ccccc2n1CC(=O)NC1(c2noc(C)n2)CCCCC1. The van der Waals surface area contributed by atoms with Crippen LogP contribution in [0.25, 0.3) is 11.0 Å². The van der Waals surface area contributed by atoms with E-state index in [4.69, 9.17) is 4.52 Å². The summed E-state index contributed by atoms with van der Waals surface area (Å²) < 4.78 is 7.20. The number of amides is 1. The van der Waals surface area contributed by atoms with Crippen LogP contribution in [0.15, 0.2) is 28.8 Å². The predicted molar refractivity (Wildman–Crippen MR) is 101 cm³/mol. The highest BCUT2D eigenvalue weighted by molar-refractivity contribution is 5.81. The summed E-state index contributed by atoms with van der Waals surface area (Å²) in [4.78, 5) is 22.1. The van der Waals surface area contributed by atoms with Crippen molar-refractivity contribution in [1.82, 2.24) is 25.0 Å². The van der Waals surface area contributed by atoms with E-state index in [2.05, 4.69) is 27.4 Å². The van der Waals surface area contributed by atoms with E-state index in [1.165, 1.54) is 6.42 Å². The number of imidazole rings is 1. The molecule has 0 atom stereocenters. The second kappa shape index (κ2) is 7.13. The van der Waals surface area contributed by atoms with Gasteiger partial charge in [0.05, 0.1) is 11.0 Å². The number of para-hydroxylation sites is 2. The Morgan fingerprint density at radius 3 is 2.70 bits per heavy atom. The maximum Gasteiger partial charge on any atom is 0.240 e. The number of nitrogens with one attached hydrogen (secondary N) is 1. The molecule has 1 amide bonds. The van der Waals surface area contributed by atoms with Crippen molar-refractivity contribution < 1.29 is 9.32 Å². The Morgan fingerprint density at radius 1 is 1.22 bits per heavy atom. The Kier molecular flexibility index (Phi) is 4.68. The third-order valence-corrected chi connectivity index (χ3v) is 5.39.